The normalized spacial score (nSPS) is 11.9. The summed E-state index contributed by atoms with van der Waals surface area (Å²) in [4.78, 5) is 4.08. The minimum Gasteiger partial charge on any atom is -0.358 e. The van der Waals surface area contributed by atoms with E-state index in [-0.39, 0.29) is 32.2 Å². The standard InChI is InChI=1S/2C12H7F6N2.C7H5N4.Ir/c2*1-19-4-5-20(7-19)10-3-2-8(11(13,14)15)6-9(10)12(16,17)18;1-2-4-8-6(3-1)7-5-9-11-10-7;/h2*2,4-6H,1H3;1-5H;/q3*-1;. The van der Waals surface area contributed by atoms with Gasteiger partial charge in [0, 0.05) is 51.1 Å². The molecule has 4 heterocycles. The number of alkyl halides is 12. The van der Waals surface area contributed by atoms with Crippen LogP contribution in [-0.2, 0) is 58.9 Å². The summed E-state index contributed by atoms with van der Waals surface area (Å²) < 4.78 is 157. The van der Waals surface area contributed by atoms with E-state index in [0.717, 1.165) is 14.8 Å². The largest absolute Gasteiger partial charge is 0.370 e. The van der Waals surface area contributed by atoms with Gasteiger partial charge in [-0.05, 0) is 17.8 Å². The fourth-order valence-corrected chi connectivity index (χ4v) is 4.00. The number of benzene rings is 2. The van der Waals surface area contributed by atoms with Crippen LogP contribution in [0.2, 0.25) is 0 Å². The minimum absolute atomic E-state index is 0. The van der Waals surface area contributed by atoms with Crippen LogP contribution in [0.3, 0.4) is 0 Å². The fraction of sp³-hybridized carbons (Fsp3) is 0.194. The van der Waals surface area contributed by atoms with Crippen molar-refractivity contribution in [3.63, 3.8) is 0 Å². The number of halogens is 12. The number of rotatable bonds is 3. The Morgan fingerprint density at radius 2 is 1.13 bits per heavy atom. The average molecular weight is 924 g/mol. The number of hydrogen-bond donors (Lipinski definition) is 0. The second-order valence-corrected chi connectivity index (χ2v) is 10.1. The van der Waals surface area contributed by atoms with Gasteiger partial charge in [-0.2, -0.15) is 89.1 Å². The molecule has 0 amide bonds. The van der Waals surface area contributed by atoms with E-state index in [0.29, 0.717) is 17.8 Å². The molecule has 52 heavy (non-hydrogen) atoms. The first-order valence-corrected chi connectivity index (χ1v) is 13.7. The van der Waals surface area contributed by atoms with Gasteiger partial charge in [0.15, 0.2) is 0 Å². The molecule has 279 valence electrons. The Balaban J connectivity index is 0.000000217. The molecule has 0 saturated heterocycles. The maximum absolute atomic E-state index is 12.9. The Labute approximate surface area is 299 Å². The van der Waals surface area contributed by atoms with E-state index in [4.69, 9.17) is 0 Å². The molecule has 2 aromatic carbocycles. The fourth-order valence-electron chi connectivity index (χ4n) is 4.00. The van der Waals surface area contributed by atoms with Gasteiger partial charge in [-0.15, -0.1) is 0 Å². The average Bonchev–Trinajstić information content (AvgIpc) is 3.83. The minimum atomic E-state index is -4.93. The molecule has 0 aliphatic carbocycles. The van der Waals surface area contributed by atoms with E-state index in [9.17, 15) is 52.7 Å². The van der Waals surface area contributed by atoms with Gasteiger partial charge < -0.3 is 28.5 Å². The SMILES string of the molecule is C[n+]1[c-]n(-c2[c-]cc(C(F)(F)F)cc2C(F)(F)F)cc1.C[n+]1[c-]n(-c2[c-]cc(C(F)(F)F)cc2C(F)(F)F)cc1.[Ir].c1ccc(-c2cnn[n-]2)nc1. The maximum Gasteiger partial charge on any atom is 0.370 e. The van der Waals surface area contributed by atoms with Crippen molar-refractivity contribution in [1.29, 1.82) is 0 Å². The second kappa shape index (κ2) is 16.1. The third-order valence-electron chi connectivity index (χ3n) is 6.31. The van der Waals surface area contributed by atoms with E-state index in [1.807, 2.05) is 30.3 Å². The van der Waals surface area contributed by atoms with Crippen LogP contribution in [0.15, 0.2) is 79.6 Å². The topological polar surface area (TPSA) is 70.4 Å². The van der Waals surface area contributed by atoms with Crippen molar-refractivity contribution in [2.24, 2.45) is 14.1 Å². The van der Waals surface area contributed by atoms with Crippen LogP contribution in [0.4, 0.5) is 52.7 Å². The summed E-state index contributed by atoms with van der Waals surface area (Å²) in [6.45, 7) is 0. The Morgan fingerprint density at radius 1 is 0.673 bits per heavy atom. The zero-order chi connectivity index (χ0) is 37.8. The first kappa shape index (κ1) is 41.4. The molecule has 0 aliphatic heterocycles. The van der Waals surface area contributed by atoms with Crippen molar-refractivity contribution < 1.29 is 81.9 Å². The van der Waals surface area contributed by atoms with Crippen LogP contribution in [0.25, 0.3) is 22.8 Å². The molecule has 8 nitrogen and oxygen atoms in total. The first-order chi connectivity index (χ1) is 23.6. The van der Waals surface area contributed by atoms with Crippen molar-refractivity contribution in [2.75, 3.05) is 0 Å². The van der Waals surface area contributed by atoms with Gasteiger partial charge >= 0.3 is 24.7 Å². The van der Waals surface area contributed by atoms with Crippen LogP contribution in [0.5, 0.6) is 0 Å². The van der Waals surface area contributed by atoms with Crippen LogP contribution in [0.1, 0.15) is 22.3 Å². The molecule has 6 aromatic rings. The number of hydrogen-bond acceptors (Lipinski definition) is 3. The maximum atomic E-state index is 12.9. The van der Waals surface area contributed by atoms with E-state index in [2.05, 4.69) is 33.0 Å². The van der Waals surface area contributed by atoms with E-state index < -0.39 is 58.3 Å². The number of imidazole rings is 2. The molecule has 0 atom stereocenters. The summed E-state index contributed by atoms with van der Waals surface area (Å²) in [5.41, 5.74) is -5.19. The van der Waals surface area contributed by atoms with Crippen molar-refractivity contribution in [3.05, 3.63) is 127 Å². The molecule has 0 spiro atoms. The summed E-state index contributed by atoms with van der Waals surface area (Å²) in [6.07, 6.45) is -6.00. The molecule has 21 heteroatoms. The van der Waals surface area contributed by atoms with Crippen LogP contribution >= 0.6 is 0 Å². The molecule has 0 bridgehead atoms. The molecule has 0 N–H and O–H groups in total. The Bertz CT molecular complexity index is 1920. The van der Waals surface area contributed by atoms with Gasteiger partial charge in [0.25, 0.3) is 0 Å². The van der Waals surface area contributed by atoms with E-state index >= 15 is 0 Å². The predicted molar refractivity (Wildman–Crippen MR) is 148 cm³/mol. The monoisotopic (exact) mass is 924 g/mol. The molecule has 0 unspecified atom stereocenters. The molecular formula is C31H19F12IrN8-3. The van der Waals surface area contributed by atoms with Crippen molar-refractivity contribution >= 4 is 0 Å². The zero-order valence-electron chi connectivity index (χ0n) is 26.0. The number of aryl methyl sites for hydroxylation is 2. The number of pyridine rings is 1. The smallest absolute Gasteiger partial charge is 0.358 e. The summed E-state index contributed by atoms with van der Waals surface area (Å²) in [7, 11) is 3.04. The first-order valence-electron chi connectivity index (χ1n) is 13.7. The summed E-state index contributed by atoms with van der Waals surface area (Å²) in [6, 6.07) is 10.8. The Kier molecular flexibility index (Phi) is 12.8. The zero-order valence-corrected chi connectivity index (χ0v) is 28.3. The Hall–Kier alpha value is -5.04. The molecule has 0 aliphatic rings. The van der Waals surface area contributed by atoms with E-state index in [1.54, 1.807) is 12.4 Å². The molecule has 0 fully saturated rings. The molecular weight excluding hydrogens is 905 g/mol. The molecule has 0 saturated carbocycles. The molecule has 6 rings (SSSR count). The second-order valence-electron chi connectivity index (χ2n) is 10.1. The van der Waals surface area contributed by atoms with Crippen LogP contribution < -0.4 is 14.2 Å². The molecule has 4 aromatic heterocycles. The van der Waals surface area contributed by atoms with Gasteiger partial charge in [-0.1, -0.05) is 45.9 Å². The third-order valence-corrected chi connectivity index (χ3v) is 6.31. The van der Waals surface area contributed by atoms with Crippen molar-refractivity contribution in [2.45, 2.75) is 24.7 Å². The van der Waals surface area contributed by atoms with E-state index in [1.165, 1.54) is 48.0 Å². The third kappa shape index (κ3) is 10.7. The predicted octanol–water partition coefficient (Wildman–Crippen LogP) is 6.37. The van der Waals surface area contributed by atoms with Crippen LogP contribution in [0, 0.1) is 24.8 Å². The van der Waals surface area contributed by atoms with Crippen molar-refractivity contribution in [1.82, 2.24) is 29.5 Å². The van der Waals surface area contributed by atoms with Crippen molar-refractivity contribution in [3.8, 4) is 22.8 Å². The Morgan fingerprint density at radius 3 is 1.44 bits per heavy atom. The van der Waals surface area contributed by atoms with Gasteiger partial charge in [0.1, 0.15) is 0 Å². The number of aromatic nitrogens is 8. The van der Waals surface area contributed by atoms with Crippen LogP contribution in [-0.4, -0.2) is 24.4 Å². The summed E-state index contributed by atoms with van der Waals surface area (Å²) in [5.74, 6) is 0. The number of nitrogens with zero attached hydrogens (tertiary/aromatic N) is 8. The summed E-state index contributed by atoms with van der Waals surface area (Å²) in [5, 5.41) is 10.8. The van der Waals surface area contributed by atoms with Gasteiger partial charge in [-0.3, -0.25) is 10.2 Å². The molecule has 1 radical (unpaired) electrons. The summed E-state index contributed by atoms with van der Waals surface area (Å²) >= 11 is 0. The van der Waals surface area contributed by atoms with Gasteiger partial charge in [0.05, 0.1) is 19.8 Å². The van der Waals surface area contributed by atoms with Gasteiger partial charge in [-0.25, -0.2) is 0 Å². The van der Waals surface area contributed by atoms with Gasteiger partial charge in [0.2, 0.25) is 12.7 Å². The quantitative estimate of drug-likeness (QED) is 0.118.